The Hall–Kier alpha value is -0.0800. The van der Waals surface area contributed by atoms with E-state index < -0.39 is 0 Å². The molecule has 0 amide bonds. The fourth-order valence-electron chi connectivity index (χ4n) is 2.64. The highest BCUT2D eigenvalue weighted by molar-refractivity contribution is 4.79. The number of nitrogens with one attached hydrogen (secondary N) is 1. The molecule has 0 radical (unpaired) electrons. The summed E-state index contributed by atoms with van der Waals surface area (Å²) in [4.78, 5) is 0. The van der Waals surface area contributed by atoms with Crippen LogP contribution >= 0.6 is 0 Å². The van der Waals surface area contributed by atoms with Crippen molar-refractivity contribution in [1.29, 1.82) is 0 Å². The quantitative estimate of drug-likeness (QED) is 0.687. The largest absolute Gasteiger partial charge is 0.385 e. The fraction of sp³-hybridized carbons (Fsp3) is 1.00. The van der Waals surface area contributed by atoms with Gasteiger partial charge in [0.1, 0.15) is 0 Å². The molecule has 1 rings (SSSR count). The first-order chi connectivity index (χ1) is 6.72. The first kappa shape index (κ1) is 12.0. The lowest BCUT2D eigenvalue weighted by Crippen LogP contribution is -2.37. The first-order valence-electron chi connectivity index (χ1n) is 5.94. The van der Waals surface area contributed by atoms with Gasteiger partial charge >= 0.3 is 0 Å². The maximum Gasteiger partial charge on any atom is 0.0474 e. The molecule has 14 heavy (non-hydrogen) atoms. The zero-order chi connectivity index (χ0) is 10.4. The van der Waals surface area contributed by atoms with Gasteiger partial charge in [-0.25, -0.2) is 0 Å². The second kappa shape index (κ2) is 6.41. The second-order valence-electron chi connectivity index (χ2n) is 4.91. The number of methoxy groups -OCH3 is 1. The van der Waals surface area contributed by atoms with Gasteiger partial charge in [0.05, 0.1) is 0 Å². The molecule has 0 heterocycles. The Morgan fingerprint density at radius 3 is 2.36 bits per heavy atom. The van der Waals surface area contributed by atoms with Crippen molar-refractivity contribution in [3.8, 4) is 0 Å². The van der Waals surface area contributed by atoms with E-state index in [1.165, 1.54) is 19.3 Å². The summed E-state index contributed by atoms with van der Waals surface area (Å²) in [5.74, 6) is 1.80. The van der Waals surface area contributed by atoms with Crippen LogP contribution in [0.4, 0.5) is 0 Å². The summed E-state index contributed by atoms with van der Waals surface area (Å²) in [7, 11) is 1.77. The average molecular weight is 199 g/mol. The number of hydrogen-bond acceptors (Lipinski definition) is 2. The van der Waals surface area contributed by atoms with Gasteiger partial charge < -0.3 is 10.1 Å². The Morgan fingerprint density at radius 2 is 1.79 bits per heavy atom. The monoisotopic (exact) mass is 199 g/mol. The molecule has 1 saturated carbocycles. The van der Waals surface area contributed by atoms with Crippen molar-refractivity contribution in [3.63, 3.8) is 0 Å². The van der Waals surface area contributed by atoms with E-state index in [4.69, 9.17) is 4.74 Å². The molecule has 0 bridgehead atoms. The second-order valence-corrected chi connectivity index (χ2v) is 4.91. The van der Waals surface area contributed by atoms with E-state index in [1.807, 2.05) is 0 Å². The lowest BCUT2D eigenvalue weighted by atomic mass is 9.80. The summed E-state index contributed by atoms with van der Waals surface area (Å²) in [6.07, 6.45) is 5.26. The van der Waals surface area contributed by atoms with Crippen molar-refractivity contribution in [2.75, 3.05) is 20.3 Å². The highest BCUT2D eigenvalue weighted by atomic mass is 16.5. The maximum atomic E-state index is 5.03. The predicted molar refractivity (Wildman–Crippen MR) is 60.5 cm³/mol. The van der Waals surface area contributed by atoms with Crippen molar-refractivity contribution in [1.82, 2.24) is 5.32 Å². The van der Waals surface area contributed by atoms with Crippen molar-refractivity contribution in [3.05, 3.63) is 0 Å². The van der Waals surface area contributed by atoms with Crippen LogP contribution in [0.15, 0.2) is 0 Å². The Labute approximate surface area is 88.4 Å². The standard InChI is InChI=1S/C12H25NO/c1-10-7-11(2)9-12(8-10)13-5-4-6-14-3/h10-13H,4-9H2,1-3H3. The summed E-state index contributed by atoms with van der Waals surface area (Å²) in [5.41, 5.74) is 0. The molecular formula is C12H25NO. The lowest BCUT2D eigenvalue weighted by Gasteiger charge is -2.32. The van der Waals surface area contributed by atoms with Crippen LogP contribution in [-0.2, 0) is 4.74 Å². The Kier molecular flexibility index (Phi) is 5.49. The zero-order valence-electron chi connectivity index (χ0n) is 9.88. The SMILES string of the molecule is COCCCNC1CC(C)CC(C)C1. The summed E-state index contributed by atoms with van der Waals surface area (Å²) in [6.45, 7) is 6.74. The molecule has 2 atom stereocenters. The highest BCUT2D eigenvalue weighted by Crippen LogP contribution is 2.28. The van der Waals surface area contributed by atoms with Gasteiger partial charge in [-0.3, -0.25) is 0 Å². The normalized spacial score (nSPS) is 33.2. The van der Waals surface area contributed by atoms with Gasteiger partial charge in [0.2, 0.25) is 0 Å². The molecule has 0 aromatic heterocycles. The summed E-state index contributed by atoms with van der Waals surface area (Å²) < 4.78 is 5.03. The van der Waals surface area contributed by atoms with Crippen LogP contribution < -0.4 is 5.32 Å². The molecule has 0 saturated heterocycles. The van der Waals surface area contributed by atoms with E-state index in [-0.39, 0.29) is 0 Å². The van der Waals surface area contributed by atoms with Gasteiger partial charge in [0.25, 0.3) is 0 Å². The van der Waals surface area contributed by atoms with Crippen molar-refractivity contribution in [2.24, 2.45) is 11.8 Å². The fourth-order valence-corrected chi connectivity index (χ4v) is 2.64. The van der Waals surface area contributed by atoms with E-state index >= 15 is 0 Å². The van der Waals surface area contributed by atoms with E-state index in [9.17, 15) is 0 Å². The van der Waals surface area contributed by atoms with Gasteiger partial charge in [-0.2, -0.15) is 0 Å². The minimum atomic E-state index is 0.755. The molecule has 1 fully saturated rings. The van der Waals surface area contributed by atoms with Crippen molar-refractivity contribution >= 4 is 0 Å². The molecule has 1 aliphatic rings. The number of ether oxygens (including phenoxy) is 1. The van der Waals surface area contributed by atoms with E-state index in [2.05, 4.69) is 19.2 Å². The Bertz CT molecular complexity index is 139. The topological polar surface area (TPSA) is 21.3 Å². The Balaban J connectivity index is 2.10. The van der Waals surface area contributed by atoms with E-state index in [1.54, 1.807) is 7.11 Å². The lowest BCUT2D eigenvalue weighted by molar-refractivity contribution is 0.187. The summed E-state index contributed by atoms with van der Waals surface area (Å²) >= 11 is 0. The van der Waals surface area contributed by atoms with Gasteiger partial charge in [-0.1, -0.05) is 13.8 Å². The van der Waals surface area contributed by atoms with Crippen LogP contribution in [0.5, 0.6) is 0 Å². The van der Waals surface area contributed by atoms with Gasteiger partial charge in [-0.15, -0.1) is 0 Å². The van der Waals surface area contributed by atoms with Crippen LogP contribution in [0, 0.1) is 11.8 Å². The molecule has 0 spiro atoms. The van der Waals surface area contributed by atoms with Crippen LogP contribution in [0.1, 0.15) is 39.5 Å². The minimum absolute atomic E-state index is 0.755. The number of rotatable bonds is 5. The molecule has 2 heteroatoms. The van der Waals surface area contributed by atoms with Gasteiger partial charge in [0.15, 0.2) is 0 Å². The van der Waals surface area contributed by atoms with Crippen molar-refractivity contribution < 1.29 is 4.74 Å². The summed E-state index contributed by atoms with van der Waals surface area (Å²) in [5, 5.41) is 3.64. The van der Waals surface area contributed by atoms with Crippen LogP contribution in [0.25, 0.3) is 0 Å². The molecule has 1 aliphatic carbocycles. The third kappa shape index (κ3) is 4.43. The third-order valence-electron chi connectivity index (χ3n) is 3.14. The highest BCUT2D eigenvalue weighted by Gasteiger charge is 2.22. The van der Waals surface area contributed by atoms with Crippen LogP contribution in [0.2, 0.25) is 0 Å². The van der Waals surface area contributed by atoms with Gasteiger partial charge in [0, 0.05) is 19.8 Å². The summed E-state index contributed by atoms with van der Waals surface area (Å²) in [6, 6.07) is 0.755. The average Bonchev–Trinajstić information content (AvgIpc) is 2.11. The molecule has 2 unspecified atom stereocenters. The zero-order valence-corrected chi connectivity index (χ0v) is 9.88. The first-order valence-corrected chi connectivity index (χ1v) is 5.94. The predicted octanol–water partition coefficient (Wildman–Crippen LogP) is 2.44. The van der Waals surface area contributed by atoms with Crippen molar-refractivity contribution in [2.45, 2.75) is 45.6 Å². The minimum Gasteiger partial charge on any atom is -0.385 e. The molecule has 0 aliphatic heterocycles. The molecule has 0 aromatic carbocycles. The van der Waals surface area contributed by atoms with Crippen LogP contribution in [0.3, 0.4) is 0 Å². The maximum absolute atomic E-state index is 5.03. The van der Waals surface area contributed by atoms with E-state index in [0.717, 1.165) is 37.5 Å². The van der Waals surface area contributed by atoms with Gasteiger partial charge in [-0.05, 0) is 44.1 Å². The van der Waals surface area contributed by atoms with E-state index in [0.29, 0.717) is 0 Å². The molecule has 0 aromatic rings. The van der Waals surface area contributed by atoms with Crippen LogP contribution in [-0.4, -0.2) is 26.3 Å². The third-order valence-corrected chi connectivity index (χ3v) is 3.14. The number of hydrogen-bond donors (Lipinski definition) is 1. The Morgan fingerprint density at radius 1 is 1.14 bits per heavy atom. The molecular weight excluding hydrogens is 174 g/mol. The molecule has 1 N–H and O–H groups in total. The molecule has 84 valence electrons. The smallest absolute Gasteiger partial charge is 0.0474 e. The molecule has 2 nitrogen and oxygen atoms in total.